The molecule has 20 heavy (non-hydrogen) atoms. The van der Waals surface area contributed by atoms with Crippen molar-refractivity contribution in [3.05, 3.63) is 35.6 Å². The first-order valence-corrected chi connectivity index (χ1v) is 6.83. The van der Waals surface area contributed by atoms with Crippen LogP contribution in [0.15, 0.2) is 24.3 Å². The van der Waals surface area contributed by atoms with Crippen LogP contribution in [0.4, 0.5) is 4.39 Å². The van der Waals surface area contributed by atoms with E-state index in [9.17, 15) is 14.0 Å². The summed E-state index contributed by atoms with van der Waals surface area (Å²) in [6, 6.07) is 6.14. The first kappa shape index (κ1) is 14.5. The average Bonchev–Trinajstić information content (AvgIpc) is 2.35. The van der Waals surface area contributed by atoms with Gasteiger partial charge in [0.15, 0.2) is 0 Å². The third-order valence-electron chi connectivity index (χ3n) is 3.82. The van der Waals surface area contributed by atoms with E-state index in [-0.39, 0.29) is 17.6 Å². The van der Waals surface area contributed by atoms with E-state index < -0.39 is 5.41 Å². The summed E-state index contributed by atoms with van der Waals surface area (Å²) >= 11 is 0. The molecule has 4 nitrogen and oxygen atoms in total. The van der Waals surface area contributed by atoms with Gasteiger partial charge in [0, 0.05) is 20.0 Å². The molecule has 0 saturated heterocycles. The van der Waals surface area contributed by atoms with Gasteiger partial charge in [-0.05, 0) is 30.5 Å². The van der Waals surface area contributed by atoms with E-state index in [2.05, 4.69) is 10.6 Å². The minimum Gasteiger partial charge on any atom is -0.355 e. The maximum absolute atomic E-state index is 13.0. The summed E-state index contributed by atoms with van der Waals surface area (Å²) in [7, 11) is 0. The standard InChI is InChI=1S/C15H19FN2O2/c1-11(19)17-9-10-18-14(20)15(7-2-8-15)12-3-5-13(16)6-4-12/h3-6H,2,7-10H2,1H3,(H,17,19)(H,18,20). The van der Waals surface area contributed by atoms with Gasteiger partial charge < -0.3 is 10.6 Å². The predicted octanol–water partition coefficient (Wildman–Crippen LogP) is 1.50. The fourth-order valence-electron chi connectivity index (χ4n) is 2.53. The van der Waals surface area contributed by atoms with E-state index in [4.69, 9.17) is 0 Å². The number of hydrogen-bond acceptors (Lipinski definition) is 2. The van der Waals surface area contributed by atoms with Gasteiger partial charge in [0.05, 0.1) is 5.41 Å². The highest BCUT2D eigenvalue weighted by Crippen LogP contribution is 2.43. The highest BCUT2D eigenvalue weighted by molar-refractivity contribution is 5.89. The summed E-state index contributed by atoms with van der Waals surface area (Å²) in [6.07, 6.45) is 2.56. The Bertz CT molecular complexity index is 495. The molecule has 0 aromatic heterocycles. The molecule has 108 valence electrons. The van der Waals surface area contributed by atoms with Gasteiger partial charge in [-0.3, -0.25) is 9.59 Å². The van der Waals surface area contributed by atoms with E-state index in [1.165, 1.54) is 19.1 Å². The smallest absolute Gasteiger partial charge is 0.230 e. The van der Waals surface area contributed by atoms with Crippen LogP contribution in [0.5, 0.6) is 0 Å². The van der Waals surface area contributed by atoms with E-state index in [0.717, 1.165) is 24.8 Å². The zero-order chi connectivity index (χ0) is 14.6. The van der Waals surface area contributed by atoms with E-state index in [0.29, 0.717) is 13.1 Å². The molecule has 1 aromatic rings. The summed E-state index contributed by atoms with van der Waals surface area (Å²) < 4.78 is 13.0. The molecule has 1 aliphatic carbocycles. The summed E-state index contributed by atoms with van der Waals surface area (Å²) in [4.78, 5) is 23.1. The maximum atomic E-state index is 13.0. The van der Waals surface area contributed by atoms with Gasteiger partial charge in [0.2, 0.25) is 11.8 Å². The maximum Gasteiger partial charge on any atom is 0.230 e. The Labute approximate surface area is 117 Å². The molecule has 0 bridgehead atoms. The van der Waals surface area contributed by atoms with Crippen molar-refractivity contribution in [2.45, 2.75) is 31.6 Å². The normalized spacial score (nSPS) is 16.1. The molecule has 0 heterocycles. The number of carbonyl (C=O) groups excluding carboxylic acids is 2. The molecule has 2 rings (SSSR count). The number of rotatable bonds is 5. The summed E-state index contributed by atoms with van der Waals surface area (Å²) in [5.74, 6) is -0.453. The van der Waals surface area contributed by atoms with Crippen molar-refractivity contribution in [3.8, 4) is 0 Å². The fraction of sp³-hybridized carbons (Fsp3) is 0.467. The van der Waals surface area contributed by atoms with Crippen LogP contribution >= 0.6 is 0 Å². The zero-order valence-electron chi connectivity index (χ0n) is 11.5. The van der Waals surface area contributed by atoms with E-state index >= 15 is 0 Å². The van der Waals surface area contributed by atoms with E-state index in [1.807, 2.05) is 0 Å². The lowest BCUT2D eigenvalue weighted by atomic mass is 9.64. The highest BCUT2D eigenvalue weighted by atomic mass is 19.1. The van der Waals surface area contributed by atoms with Crippen molar-refractivity contribution in [1.29, 1.82) is 0 Å². The van der Waals surface area contributed by atoms with Crippen LogP contribution in [0.2, 0.25) is 0 Å². The van der Waals surface area contributed by atoms with Crippen LogP contribution in [-0.4, -0.2) is 24.9 Å². The van der Waals surface area contributed by atoms with Crippen molar-refractivity contribution in [1.82, 2.24) is 10.6 Å². The monoisotopic (exact) mass is 278 g/mol. The Morgan fingerprint density at radius 2 is 1.75 bits per heavy atom. The summed E-state index contributed by atoms with van der Waals surface area (Å²) in [5.41, 5.74) is 0.339. The molecule has 0 spiro atoms. The van der Waals surface area contributed by atoms with Gasteiger partial charge in [-0.1, -0.05) is 18.6 Å². The third-order valence-corrected chi connectivity index (χ3v) is 3.82. The van der Waals surface area contributed by atoms with Gasteiger partial charge in [0.1, 0.15) is 5.82 Å². The summed E-state index contributed by atoms with van der Waals surface area (Å²) in [6.45, 7) is 2.26. The van der Waals surface area contributed by atoms with E-state index in [1.54, 1.807) is 12.1 Å². The van der Waals surface area contributed by atoms with Gasteiger partial charge in [-0.25, -0.2) is 4.39 Å². The number of amides is 2. The lowest BCUT2D eigenvalue weighted by molar-refractivity contribution is -0.130. The zero-order valence-corrected chi connectivity index (χ0v) is 11.5. The SMILES string of the molecule is CC(=O)NCCNC(=O)C1(c2ccc(F)cc2)CCC1. The van der Waals surface area contributed by atoms with Crippen LogP contribution < -0.4 is 10.6 Å². The first-order chi connectivity index (χ1) is 9.54. The molecule has 1 aliphatic rings. The topological polar surface area (TPSA) is 58.2 Å². The molecule has 0 atom stereocenters. The molecule has 5 heteroatoms. The average molecular weight is 278 g/mol. The first-order valence-electron chi connectivity index (χ1n) is 6.83. The Kier molecular flexibility index (Phi) is 4.37. The molecule has 0 unspecified atom stereocenters. The molecular formula is C15H19FN2O2. The molecule has 0 aliphatic heterocycles. The van der Waals surface area contributed by atoms with Gasteiger partial charge in [-0.2, -0.15) is 0 Å². The second-order valence-corrected chi connectivity index (χ2v) is 5.18. The number of carbonyl (C=O) groups is 2. The Morgan fingerprint density at radius 1 is 1.15 bits per heavy atom. The lowest BCUT2D eigenvalue weighted by Crippen LogP contribution is -2.50. The Balaban J connectivity index is 1.98. The molecule has 1 fully saturated rings. The molecule has 1 saturated carbocycles. The second-order valence-electron chi connectivity index (χ2n) is 5.18. The van der Waals surface area contributed by atoms with Crippen LogP contribution in [-0.2, 0) is 15.0 Å². The summed E-state index contributed by atoms with van der Waals surface area (Å²) in [5, 5.41) is 5.48. The largest absolute Gasteiger partial charge is 0.355 e. The molecule has 2 N–H and O–H groups in total. The second kappa shape index (κ2) is 6.03. The van der Waals surface area contributed by atoms with Crippen molar-refractivity contribution in [2.75, 3.05) is 13.1 Å². The van der Waals surface area contributed by atoms with Crippen molar-refractivity contribution in [2.24, 2.45) is 0 Å². The van der Waals surface area contributed by atoms with Crippen LogP contribution in [0, 0.1) is 5.82 Å². The molecular weight excluding hydrogens is 259 g/mol. The van der Waals surface area contributed by atoms with Crippen molar-refractivity contribution >= 4 is 11.8 Å². The highest BCUT2D eigenvalue weighted by Gasteiger charge is 2.45. The molecule has 2 amide bonds. The van der Waals surface area contributed by atoms with Gasteiger partial charge in [-0.15, -0.1) is 0 Å². The number of nitrogens with one attached hydrogen (secondary N) is 2. The minimum absolute atomic E-state index is 0.0410. The number of benzene rings is 1. The fourth-order valence-corrected chi connectivity index (χ4v) is 2.53. The number of hydrogen-bond donors (Lipinski definition) is 2. The Morgan fingerprint density at radius 3 is 2.25 bits per heavy atom. The van der Waals surface area contributed by atoms with Crippen molar-refractivity contribution in [3.63, 3.8) is 0 Å². The van der Waals surface area contributed by atoms with Crippen LogP contribution in [0.1, 0.15) is 31.7 Å². The predicted molar refractivity (Wildman–Crippen MR) is 73.6 cm³/mol. The molecule has 1 aromatic carbocycles. The minimum atomic E-state index is -0.524. The van der Waals surface area contributed by atoms with Crippen molar-refractivity contribution < 1.29 is 14.0 Å². The van der Waals surface area contributed by atoms with Crippen LogP contribution in [0.3, 0.4) is 0 Å². The van der Waals surface area contributed by atoms with Crippen LogP contribution in [0.25, 0.3) is 0 Å². The third kappa shape index (κ3) is 2.98. The van der Waals surface area contributed by atoms with Gasteiger partial charge in [0.25, 0.3) is 0 Å². The number of halogens is 1. The van der Waals surface area contributed by atoms with Gasteiger partial charge >= 0.3 is 0 Å². The molecule has 0 radical (unpaired) electrons. The lowest BCUT2D eigenvalue weighted by Gasteiger charge is -2.40. The quantitative estimate of drug-likeness (QED) is 0.802. The Hall–Kier alpha value is -1.91.